The molecule has 1 saturated heterocycles. The standard InChI is InChI=1S/C15H22N2O3/c1-16-6-8-17(9-7-16)15(18)10-12-4-5-13(19-2)11-14(12)20-3/h4-5,11H,6-10H2,1-3H3. The van der Waals surface area contributed by atoms with Gasteiger partial charge in [0.15, 0.2) is 0 Å². The van der Waals surface area contributed by atoms with Crippen LogP contribution < -0.4 is 9.47 Å². The molecule has 1 aliphatic rings. The number of hydrogen-bond donors (Lipinski definition) is 0. The second-order valence-corrected chi connectivity index (χ2v) is 5.04. The number of carbonyl (C=O) groups excluding carboxylic acids is 1. The number of amides is 1. The van der Waals surface area contributed by atoms with Gasteiger partial charge in [-0.25, -0.2) is 0 Å². The van der Waals surface area contributed by atoms with E-state index in [1.54, 1.807) is 14.2 Å². The smallest absolute Gasteiger partial charge is 0.227 e. The number of ether oxygens (including phenoxy) is 2. The molecular weight excluding hydrogens is 256 g/mol. The summed E-state index contributed by atoms with van der Waals surface area (Å²) < 4.78 is 10.5. The molecule has 0 saturated carbocycles. The van der Waals surface area contributed by atoms with Gasteiger partial charge in [0.1, 0.15) is 11.5 Å². The highest BCUT2D eigenvalue weighted by molar-refractivity contribution is 5.79. The molecule has 0 N–H and O–H groups in total. The summed E-state index contributed by atoms with van der Waals surface area (Å²) in [5, 5.41) is 0. The minimum absolute atomic E-state index is 0.154. The van der Waals surface area contributed by atoms with Crippen LogP contribution in [0.4, 0.5) is 0 Å². The number of carbonyl (C=O) groups is 1. The van der Waals surface area contributed by atoms with E-state index >= 15 is 0 Å². The second kappa shape index (κ2) is 6.61. The maximum absolute atomic E-state index is 12.3. The van der Waals surface area contributed by atoms with Crippen molar-refractivity contribution in [1.82, 2.24) is 9.80 Å². The van der Waals surface area contributed by atoms with E-state index in [0.717, 1.165) is 37.5 Å². The van der Waals surface area contributed by atoms with Crippen molar-refractivity contribution in [1.29, 1.82) is 0 Å². The normalized spacial score (nSPS) is 16.1. The molecule has 1 aromatic rings. The zero-order chi connectivity index (χ0) is 14.5. The molecule has 110 valence electrons. The van der Waals surface area contributed by atoms with Crippen LogP contribution >= 0.6 is 0 Å². The Morgan fingerprint density at radius 2 is 1.85 bits per heavy atom. The monoisotopic (exact) mass is 278 g/mol. The zero-order valence-corrected chi connectivity index (χ0v) is 12.4. The molecule has 2 rings (SSSR count). The Kier molecular flexibility index (Phi) is 4.84. The zero-order valence-electron chi connectivity index (χ0n) is 12.4. The summed E-state index contributed by atoms with van der Waals surface area (Å²) in [7, 11) is 5.30. The topological polar surface area (TPSA) is 42.0 Å². The first-order valence-electron chi connectivity index (χ1n) is 6.81. The Morgan fingerprint density at radius 1 is 1.15 bits per heavy atom. The highest BCUT2D eigenvalue weighted by Crippen LogP contribution is 2.25. The van der Waals surface area contributed by atoms with Gasteiger partial charge in [-0.1, -0.05) is 6.07 Å². The molecule has 1 amide bonds. The average Bonchev–Trinajstić information content (AvgIpc) is 2.48. The van der Waals surface area contributed by atoms with Gasteiger partial charge in [0.25, 0.3) is 0 Å². The van der Waals surface area contributed by atoms with Gasteiger partial charge >= 0.3 is 0 Å². The lowest BCUT2D eigenvalue weighted by atomic mass is 10.1. The van der Waals surface area contributed by atoms with Gasteiger partial charge < -0.3 is 19.3 Å². The maximum atomic E-state index is 12.3. The van der Waals surface area contributed by atoms with Crippen LogP contribution in [0.15, 0.2) is 18.2 Å². The summed E-state index contributed by atoms with van der Waals surface area (Å²) in [6, 6.07) is 5.56. The minimum Gasteiger partial charge on any atom is -0.497 e. The third-order valence-corrected chi connectivity index (χ3v) is 3.69. The first-order chi connectivity index (χ1) is 9.63. The van der Waals surface area contributed by atoms with Crippen LogP contribution in [-0.4, -0.2) is 63.2 Å². The maximum Gasteiger partial charge on any atom is 0.227 e. The quantitative estimate of drug-likeness (QED) is 0.824. The molecule has 1 heterocycles. The van der Waals surface area contributed by atoms with Gasteiger partial charge in [-0.15, -0.1) is 0 Å². The van der Waals surface area contributed by atoms with E-state index < -0.39 is 0 Å². The number of hydrogen-bond acceptors (Lipinski definition) is 4. The van der Waals surface area contributed by atoms with Crippen molar-refractivity contribution in [3.63, 3.8) is 0 Å². The highest BCUT2D eigenvalue weighted by atomic mass is 16.5. The lowest BCUT2D eigenvalue weighted by molar-refractivity contribution is -0.132. The fourth-order valence-electron chi connectivity index (χ4n) is 2.33. The first-order valence-corrected chi connectivity index (χ1v) is 6.81. The van der Waals surface area contributed by atoms with E-state index in [2.05, 4.69) is 11.9 Å². The van der Waals surface area contributed by atoms with E-state index in [4.69, 9.17) is 9.47 Å². The number of rotatable bonds is 4. The van der Waals surface area contributed by atoms with Gasteiger partial charge in [-0.2, -0.15) is 0 Å². The molecule has 0 aliphatic carbocycles. The summed E-state index contributed by atoms with van der Waals surface area (Å²) >= 11 is 0. The summed E-state index contributed by atoms with van der Waals surface area (Å²) in [6.07, 6.45) is 0.372. The highest BCUT2D eigenvalue weighted by Gasteiger charge is 2.20. The van der Waals surface area contributed by atoms with Crippen molar-refractivity contribution in [2.24, 2.45) is 0 Å². The third kappa shape index (κ3) is 3.42. The van der Waals surface area contributed by atoms with E-state index in [0.29, 0.717) is 12.2 Å². The van der Waals surface area contributed by atoms with E-state index in [1.165, 1.54) is 0 Å². The van der Waals surface area contributed by atoms with E-state index in [9.17, 15) is 4.79 Å². The fourth-order valence-corrected chi connectivity index (χ4v) is 2.33. The number of likely N-dealkylation sites (N-methyl/N-ethyl adjacent to an activating group) is 1. The molecule has 1 aliphatic heterocycles. The molecular formula is C15H22N2O3. The van der Waals surface area contributed by atoms with Crippen LogP contribution in [0.25, 0.3) is 0 Å². The number of piperazine rings is 1. The van der Waals surface area contributed by atoms with Crippen LogP contribution in [0.3, 0.4) is 0 Å². The summed E-state index contributed by atoms with van der Waals surface area (Å²) in [5.41, 5.74) is 0.900. The van der Waals surface area contributed by atoms with Gasteiger partial charge in [0.05, 0.1) is 20.6 Å². The van der Waals surface area contributed by atoms with Gasteiger partial charge in [0.2, 0.25) is 5.91 Å². The van der Waals surface area contributed by atoms with Crippen molar-refractivity contribution < 1.29 is 14.3 Å². The predicted molar refractivity (Wildman–Crippen MR) is 77.3 cm³/mol. The summed E-state index contributed by atoms with van der Waals surface area (Å²) in [6.45, 7) is 3.47. The van der Waals surface area contributed by atoms with Crippen LogP contribution in [0.1, 0.15) is 5.56 Å². The molecule has 0 spiro atoms. The Labute approximate surface area is 120 Å². The van der Waals surface area contributed by atoms with Gasteiger partial charge in [-0.3, -0.25) is 4.79 Å². The van der Waals surface area contributed by atoms with Crippen molar-refractivity contribution in [3.05, 3.63) is 23.8 Å². The molecule has 20 heavy (non-hydrogen) atoms. The molecule has 1 fully saturated rings. The third-order valence-electron chi connectivity index (χ3n) is 3.69. The summed E-state index contributed by atoms with van der Waals surface area (Å²) in [5.74, 6) is 1.59. The minimum atomic E-state index is 0.154. The average molecular weight is 278 g/mol. The lowest BCUT2D eigenvalue weighted by Gasteiger charge is -2.32. The molecule has 0 atom stereocenters. The molecule has 0 unspecified atom stereocenters. The van der Waals surface area contributed by atoms with Crippen molar-refractivity contribution in [2.45, 2.75) is 6.42 Å². The lowest BCUT2D eigenvalue weighted by Crippen LogP contribution is -2.47. The first kappa shape index (κ1) is 14.7. The Bertz CT molecular complexity index is 468. The van der Waals surface area contributed by atoms with Crippen molar-refractivity contribution in [2.75, 3.05) is 47.4 Å². The van der Waals surface area contributed by atoms with Crippen LogP contribution in [0, 0.1) is 0 Å². The number of benzene rings is 1. The van der Waals surface area contributed by atoms with Crippen LogP contribution in [0.2, 0.25) is 0 Å². The SMILES string of the molecule is COc1ccc(CC(=O)N2CCN(C)CC2)c(OC)c1. The molecule has 5 heteroatoms. The number of methoxy groups -OCH3 is 2. The van der Waals surface area contributed by atoms with Gasteiger partial charge in [0, 0.05) is 37.8 Å². The molecule has 5 nitrogen and oxygen atoms in total. The summed E-state index contributed by atoms with van der Waals surface area (Å²) in [4.78, 5) is 16.5. The molecule has 1 aromatic carbocycles. The largest absolute Gasteiger partial charge is 0.497 e. The van der Waals surface area contributed by atoms with Crippen LogP contribution in [0.5, 0.6) is 11.5 Å². The molecule has 0 aromatic heterocycles. The predicted octanol–water partition coefficient (Wildman–Crippen LogP) is 1.02. The Morgan fingerprint density at radius 3 is 2.45 bits per heavy atom. The van der Waals surface area contributed by atoms with E-state index in [1.807, 2.05) is 23.1 Å². The Hall–Kier alpha value is -1.75. The second-order valence-electron chi connectivity index (χ2n) is 5.04. The molecule has 0 bridgehead atoms. The Balaban J connectivity index is 2.03. The number of nitrogens with zero attached hydrogens (tertiary/aromatic N) is 2. The fraction of sp³-hybridized carbons (Fsp3) is 0.533. The molecule has 0 radical (unpaired) electrons. The van der Waals surface area contributed by atoms with Crippen molar-refractivity contribution in [3.8, 4) is 11.5 Å². The van der Waals surface area contributed by atoms with Crippen molar-refractivity contribution >= 4 is 5.91 Å². The van der Waals surface area contributed by atoms with Crippen LogP contribution in [-0.2, 0) is 11.2 Å². The van der Waals surface area contributed by atoms with E-state index in [-0.39, 0.29) is 5.91 Å². The van der Waals surface area contributed by atoms with Gasteiger partial charge in [-0.05, 0) is 13.1 Å².